The number of carbonyl (C=O) groups is 3. The van der Waals surface area contributed by atoms with Gasteiger partial charge < -0.3 is 5.32 Å². The highest BCUT2D eigenvalue weighted by molar-refractivity contribution is 7.88. The van der Waals surface area contributed by atoms with E-state index in [1.807, 2.05) is 23.1 Å². The third kappa shape index (κ3) is 5.20. The highest BCUT2D eigenvalue weighted by atomic mass is 32.2. The fourth-order valence-corrected chi connectivity index (χ4v) is 6.24. The van der Waals surface area contributed by atoms with E-state index in [0.717, 1.165) is 23.4 Å². The summed E-state index contributed by atoms with van der Waals surface area (Å²) < 4.78 is 26.8. The Morgan fingerprint density at radius 2 is 1.73 bits per heavy atom. The number of nitrogens with one attached hydrogen (secondary N) is 2. The molecular weight excluding hydrogens is 446 g/mol. The highest BCUT2D eigenvalue weighted by Crippen LogP contribution is 2.35. The first-order chi connectivity index (χ1) is 15.7. The summed E-state index contributed by atoms with van der Waals surface area (Å²) in [6.45, 7) is 3.46. The Morgan fingerprint density at radius 1 is 1.09 bits per heavy atom. The second kappa shape index (κ2) is 9.40. The van der Waals surface area contributed by atoms with Crippen LogP contribution in [-0.2, 0) is 25.4 Å². The molecule has 1 saturated carbocycles. The Morgan fingerprint density at radius 3 is 2.36 bits per heavy atom. The Bertz CT molecular complexity index is 999. The maximum atomic E-state index is 12.9. The van der Waals surface area contributed by atoms with Gasteiger partial charge in [-0.3, -0.25) is 19.9 Å². The topological polar surface area (TPSA) is 119 Å². The van der Waals surface area contributed by atoms with Crippen LogP contribution in [0.4, 0.5) is 4.79 Å². The van der Waals surface area contributed by atoms with Crippen LogP contribution in [0.3, 0.4) is 0 Å². The van der Waals surface area contributed by atoms with E-state index in [2.05, 4.69) is 17.7 Å². The number of hydrogen-bond acceptors (Lipinski definition) is 6. The van der Waals surface area contributed by atoms with Crippen LogP contribution in [0.15, 0.2) is 30.3 Å². The van der Waals surface area contributed by atoms with Gasteiger partial charge in [0, 0.05) is 26.2 Å². The van der Waals surface area contributed by atoms with E-state index in [1.54, 1.807) is 12.1 Å². The van der Waals surface area contributed by atoms with Gasteiger partial charge in [0.1, 0.15) is 5.54 Å². The standard InChI is InChI=1S/C22H31N5O5S/c1-17-7-9-22(10-8-17)20(29)27(21(30)23-22)24-19(28)15-25-11-13-26(14-12-25)33(31,32)16-18-5-3-2-4-6-18/h2-6,17H,7-16H2,1H3,(H,23,30)(H,24,28). The van der Waals surface area contributed by atoms with E-state index in [0.29, 0.717) is 31.8 Å². The molecule has 2 heterocycles. The van der Waals surface area contributed by atoms with Crippen molar-refractivity contribution in [1.82, 2.24) is 25.0 Å². The van der Waals surface area contributed by atoms with Crippen LogP contribution in [0.1, 0.15) is 38.2 Å². The molecule has 1 aromatic rings. The smallest absolute Gasteiger partial charge is 0.322 e. The van der Waals surface area contributed by atoms with E-state index >= 15 is 0 Å². The van der Waals surface area contributed by atoms with Gasteiger partial charge in [0.05, 0.1) is 12.3 Å². The second-order valence-electron chi connectivity index (χ2n) is 9.29. The average molecular weight is 478 g/mol. The normalized spacial score (nSPS) is 27.1. The zero-order valence-electron chi connectivity index (χ0n) is 18.8. The van der Waals surface area contributed by atoms with Crippen LogP contribution in [0.5, 0.6) is 0 Å². The quantitative estimate of drug-likeness (QED) is 0.581. The molecule has 0 unspecified atom stereocenters. The monoisotopic (exact) mass is 477 g/mol. The third-order valence-electron chi connectivity index (χ3n) is 6.81. The summed E-state index contributed by atoms with van der Waals surface area (Å²) in [7, 11) is -3.44. The molecule has 2 aliphatic heterocycles. The van der Waals surface area contributed by atoms with Gasteiger partial charge >= 0.3 is 6.03 Å². The summed E-state index contributed by atoms with van der Waals surface area (Å²) >= 11 is 0. The van der Waals surface area contributed by atoms with Gasteiger partial charge in [0.2, 0.25) is 10.0 Å². The number of benzene rings is 1. The Balaban J connectivity index is 1.26. The van der Waals surface area contributed by atoms with Crippen LogP contribution in [-0.4, -0.2) is 78.7 Å². The summed E-state index contributed by atoms with van der Waals surface area (Å²) in [5.41, 5.74) is 2.27. The van der Waals surface area contributed by atoms with Gasteiger partial charge in [-0.1, -0.05) is 37.3 Å². The first-order valence-electron chi connectivity index (χ1n) is 11.4. The summed E-state index contributed by atoms with van der Waals surface area (Å²) in [5.74, 6) is -0.412. The third-order valence-corrected chi connectivity index (χ3v) is 8.66. The zero-order valence-corrected chi connectivity index (χ0v) is 19.6. The molecule has 4 rings (SSSR count). The minimum absolute atomic E-state index is 0.0202. The fourth-order valence-electron chi connectivity index (χ4n) is 4.72. The second-order valence-corrected chi connectivity index (χ2v) is 11.3. The molecule has 1 aromatic carbocycles. The Hall–Kier alpha value is -2.50. The zero-order chi connectivity index (χ0) is 23.6. The number of amides is 4. The largest absolute Gasteiger partial charge is 0.344 e. The molecule has 1 aliphatic carbocycles. The van der Waals surface area contributed by atoms with Crippen molar-refractivity contribution >= 4 is 27.9 Å². The molecule has 0 atom stereocenters. The highest BCUT2D eigenvalue weighted by Gasteiger charge is 2.52. The van der Waals surface area contributed by atoms with Crippen molar-refractivity contribution in [2.24, 2.45) is 5.92 Å². The van der Waals surface area contributed by atoms with E-state index in [-0.39, 0.29) is 25.4 Å². The number of hydrazine groups is 1. The fraction of sp³-hybridized carbons (Fsp3) is 0.591. The molecule has 2 N–H and O–H groups in total. The summed E-state index contributed by atoms with van der Waals surface area (Å²) in [5, 5.41) is 3.58. The number of hydrogen-bond donors (Lipinski definition) is 2. The van der Waals surface area contributed by atoms with Gasteiger partial charge in [-0.25, -0.2) is 13.2 Å². The van der Waals surface area contributed by atoms with Crippen molar-refractivity contribution in [2.45, 2.75) is 43.9 Å². The van der Waals surface area contributed by atoms with E-state index < -0.39 is 33.4 Å². The first kappa shape index (κ1) is 23.7. The molecule has 3 fully saturated rings. The Labute approximate surface area is 194 Å². The molecule has 4 amide bonds. The predicted molar refractivity (Wildman–Crippen MR) is 121 cm³/mol. The number of nitrogens with zero attached hydrogens (tertiary/aromatic N) is 3. The Kier molecular flexibility index (Phi) is 6.73. The molecule has 180 valence electrons. The summed E-state index contributed by atoms with van der Waals surface area (Å²) in [6.07, 6.45) is 2.85. The molecule has 2 saturated heterocycles. The first-order valence-corrected chi connectivity index (χ1v) is 13.0. The van der Waals surface area contributed by atoms with Gasteiger partial charge in [-0.15, -0.1) is 0 Å². The number of imide groups is 1. The summed E-state index contributed by atoms with van der Waals surface area (Å²) in [6, 6.07) is 8.43. The van der Waals surface area contributed by atoms with Crippen LogP contribution in [0.25, 0.3) is 0 Å². The van der Waals surface area contributed by atoms with Crippen LogP contribution >= 0.6 is 0 Å². The number of piperazine rings is 1. The van der Waals surface area contributed by atoms with Gasteiger partial charge in [0.15, 0.2) is 0 Å². The lowest BCUT2D eigenvalue weighted by Crippen LogP contribution is -2.55. The van der Waals surface area contributed by atoms with Crippen molar-refractivity contribution in [1.29, 1.82) is 0 Å². The van der Waals surface area contributed by atoms with E-state index in [4.69, 9.17) is 0 Å². The number of carbonyl (C=O) groups excluding carboxylic acids is 3. The SMILES string of the molecule is CC1CCC2(CC1)NC(=O)N(NC(=O)CN1CCN(S(=O)(=O)Cc3ccccc3)CC1)C2=O. The van der Waals surface area contributed by atoms with Gasteiger partial charge in [-0.05, 0) is 37.2 Å². The van der Waals surface area contributed by atoms with Crippen molar-refractivity contribution in [2.75, 3.05) is 32.7 Å². The molecule has 0 radical (unpaired) electrons. The molecule has 11 heteroatoms. The maximum Gasteiger partial charge on any atom is 0.344 e. The number of rotatable bonds is 6. The predicted octanol–water partition coefficient (Wildman–Crippen LogP) is 0.666. The lowest BCUT2D eigenvalue weighted by molar-refractivity contribution is -0.140. The van der Waals surface area contributed by atoms with E-state index in [1.165, 1.54) is 4.31 Å². The molecule has 0 aromatic heterocycles. The molecule has 10 nitrogen and oxygen atoms in total. The molecule has 1 spiro atoms. The van der Waals surface area contributed by atoms with Crippen molar-refractivity contribution in [3.05, 3.63) is 35.9 Å². The molecule has 33 heavy (non-hydrogen) atoms. The number of urea groups is 1. The minimum atomic E-state index is -3.44. The van der Waals surface area contributed by atoms with Crippen molar-refractivity contribution in [3.63, 3.8) is 0 Å². The van der Waals surface area contributed by atoms with Crippen LogP contribution in [0.2, 0.25) is 0 Å². The lowest BCUT2D eigenvalue weighted by atomic mass is 9.77. The molecule has 3 aliphatic rings. The maximum absolute atomic E-state index is 12.9. The van der Waals surface area contributed by atoms with Crippen LogP contribution in [0, 0.1) is 5.92 Å². The van der Waals surface area contributed by atoms with Crippen molar-refractivity contribution in [3.8, 4) is 0 Å². The molecule has 0 bridgehead atoms. The molecular formula is C22H31N5O5S. The summed E-state index contributed by atoms with van der Waals surface area (Å²) in [4.78, 5) is 39.6. The average Bonchev–Trinajstić information content (AvgIpc) is 3.01. The number of sulfonamides is 1. The van der Waals surface area contributed by atoms with Gasteiger partial charge in [-0.2, -0.15) is 9.31 Å². The van der Waals surface area contributed by atoms with Crippen molar-refractivity contribution < 1.29 is 22.8 Å². The van der Waals surface area contributed by atoms with E-state index in [9.17, 15) is 22.8 Å². The van der Waals surface area contributed by atoms with Crippen LogP contribution < -0.4 is 10.7 Å². The van der Waals surface area contributed by atoms with Gasteiger partial charge in [0.25, 0.3) is 11.8 Å². The minimum Gasteiger partial charge on any atom is -0.322 e. The lowest BCUT2D eigenvalue weighted by Gasteiger charge is -2.34.